The number of halogens is 1. The molecular formula is C22H18FN5O. The van der Waals surface area contributed by atoms with Gasteiger partial charge in [-0.1, -0.05) is 0 Å². The predicted molar refractivity (Wildman–Crippen MR) is 107 cm³/mol. The summed E-state index contributed by atoms with van der Waals surface area (Å²) in [5.41, 5.74) is 3.01. The first kappa shape index (κ1) is 17.5. The molecule has 4 heterocycles. The van der Waals surface area contributed by atoms with E-state index in [1.54, 1.807) is 42.9 Å². The van der Waals surface area contributed by atoms with Crippen LogP contribution in [0.15, 0.2) is 67.1 Å². The number of likely N-dealkylation sites (tertiary alicyclic amines) is 1. The van der Waals surface area contributed by atoms with Crippen LogP contribution in [0.4, 0.5) is 4.39 Å². The molecule has 1 unspecified atom stereocenters. The average molecular weight is 387 g/mol. The molecule has 1 amide bonds. The van der Waals surface area contributed by atoms with E-state index in [1.165, 1.54) is 12.1 Å². The van der Waals surface area contributed by atoms with Crippen molar-refractivity contribution in [2.24, 2.45) is 0 Å². The van der Waals surface area contributed by atoms with Crippen LogP contribution in [0.1, 0.15) is 22.8 Å². The minimum atomic E-state index is -0.287. The van der Waals surface area contributed by atoms with Crippen molar-refractivity contribution in [3.63, 3.8) is 0 Å². The van der Waals surface area contributed by atoms with Crippen molar-refractivity contribution in [2.45, 2.75) is 12.5 Å². The number of carbonyl (C=O) groups excluding carboxylic acids is 1. The molecule has 0 aliphatic carbocycles. The maximum atomic E-state index is 13.4. The monoisotopic (exact) mass is 387 g/mol. The van der Waals surface area contributed by atoms with Crippen LogP contribution in [0.5, 0.6) is 0 Å². The summed E-state index contributed by atoms with van der Waals surface area (Å²) in [6.07, 6.45) is 5.79. The van der Waals surface area contributed by atoms with Crippen molar-refractivity contribution in [3.8, 4) is 11.4 Å². The Balaban J connectivity index is 1.52. The van der Waals surface area contributed by atoms with Crippen molar-refractivity contribution in [1.29, 1.82) is 0 Å². The smallest absolute Gasteiger partial charge is 0.254 e. The number of rotatable bonds is 3. The number of benzene rings is 1. The van der Waals surface area contributed by atoms with E-state index in [-0.39, 0.29) is 17.8 Å². The molecule has 3 aromatic heterocycles. The topological polar surface area (TPSA) is 63.9 Å². The highest BCUT2D eigenvalue weighted by Crippen LogP contribution is 2.32. The van der Waals surface area contributed by atoms with Crippen molar-refractivity contribution in [3.05, 3.63) is 78.5 Å². The molecule has 0 radical (unpaired) electrons. The van der Waals surface area contributed by atoms with Gasteiger partial charge in [0.05, 0.1) is 6.04 Å². The van der Waals surface area contributed by atoms with E-state index in [4.69, 9.17) is 4.98 Å². The van der Waals surface area contributed by atoms with Crippen LogP contribution >= 0.6 is 0 Å². The molecule has 1 aromatic carbocycles. The van der Waals surface area contributed by atoms with Crippen LogP contribution < -0.4 is 0 Å². The maximum absolute atomic E-state index is 13.4. The zero-order chi connectivity index (χ0) is 19.8. The van der Waals surface area contributed by atoms with Gasteiger partial charge in [0.25, 0.3) is 5.91 Å². The minimum absolute atomic E-state index is 0.00406. The van der Waals surface area contributed by atoms with E-state index in [0.29, 0.717) is 18.7 Å². The Morgan fingerprint density at radius 3 is 2.62 bits per heavy atom. The third kappa shape index (κ3) is 3.14. The quantitative estimate of drug-likeness (QED) is 0.537. The standard InChI is InChI=1S/C22H18FN5O/c23-17-5-3-15(4-6-17)20-26-19-2-1-10-25-21(19)28(20)18-9-13-27(14-18)22(29)16-7-11-24-12-8-16/h1-8,10-12,18H,9,13-14H2. The van der Waals surface area contributed by atoms with E-state index in [2.05, 4.69) is 14.5 Å². The molecule has 29 heavy (non-hydrogen) atoms. The molecule has 1 aliphatic heterocycles. The van der Waals surface area contributed by atoms with Crippen LogP contribution in [-0.4, -0.2) is 43.4 Å². The lowest BCUT2D eigenvalue weighted by Gasteiger charge is -2.19. The number of aromatic nitrogens is 4. The first-order valence-corrected chi connectivity index (χ1v) is 9.49. The largest absolute Gasteiger partial charge is 0.336 e. The molecule has 5 rings (SSSR count). The van der Waals surface area contributed by atoms with E-state index in [0.717, 1.165) is 29.0 Å². The number of nitrogens with zero attached hydrogens (tertiary/aromatic N) is 5. The number of fused-ring (bicyclic) bond motifs is 1. The molecule has 0 bridgehead atoms. The second-order valence-corrected chi connectivity index (χ2v) is 7.09. The number of hydrogen-bond acceptors (Lipinski definition) is 4. The molecular weight excluding hydrogens is 369 g/mol. The summed E-state index contributed by atoms with van der Waals surface area (Å²) in [6.45, 7) is 1.22. The van der Waals surface area contributed by atoms with Gasteiger partial charge in [-0.25, -0.2) is 14.4 Å². The van der Waals surface area contributed by atoms with Gasteiger partial charge < -0.3 is 9.47 Å². The fraction of sp³-hybridized carbons (Fsp3) is 0.182. The van der Waals surface area contributed by atoms with E-state index < -0.39 is 0 Å². The average Bonchev–Trinajstić information content (AvgIpc) is 3.39. The Morgan fingerprint density at radius 2 is 1.83 bits per heavy atom. The van der Waals surface area contributed by atoms with Gasteiger partial charge in [-0.2, -0.15) is 0 Å². The van der Waals surface area contributed by atoms with Crippen molar-refractivity contribution >= 4 is 17.1 Å². The van der Waals surface area contributed by atoms with Gasteiger partial charge in [-0.3, -0.25) is 9.78 Å². The fourth-order valence-electron chi connectivity index (χ4n) is 3.89. The zero-order valence-electron chi connectivity index (χ0n) is 15.6. The summed E-state index contributed by atoms with van der Waals surface area (Å²) in [5.74, 6) is 0.446. The van der Waals surface area contributed by atoms with Crippen LogP contribution in [0.2, 0.25) is 0 Å². The predicted octanol–water partition coefficient (Wildman–Crippen LogP) is 3.72. The summed E-state index contributed by atoms with van der Waals surface area (Å²) in [6, 6.07) is 13.6. The molecule has 6 nitrogen and oxygen atoms in total. The van der Waals surface area contributed by atoms with Gasteiger partial charge in [0.15, 0.2) is 5.65 Å². The summed E-state index contributed by atoms with van der Waals surface area (Å²) >= 11 is 0. The molecule has 1 saturated heterocycles. The van der Waals surface area contributed by atoms with Crippen LogP contribution in [0.25, 0.3) is 22.6 Å². The third-order valence-electron chi connectivity index (χ3n) is 5.29. The number of hydrogen-bond donors (Lipinski definition) is 0. The number of imidazole rings is 1. The molecule has 1 atom stereocenters. The van der Waals surface area contributed by atoms with Gasteiger partial charge in [0.2, 0.25) is 0 Å². The van der Waals surface area contributed by atoms with Crippen molar-refractivity contribution < 1.29 is 9.18 Å². The van der Waals surface area contributed by atoms with E-state index in [1.807, 2.05) is 17.0 Å². The van der Waals surface area contributed by atoms with Gasteiger partial charge in [0, 0.05) is 42.8 Å². The normalized spacial score (nSPS) is 16.4. The molecule has 0 spiro atoms. The van der Waals surface area contributed by atoms with Crippen LogP contribution in [-0.2, 0) is 0 Å². The highest BCUT2D eigenvalue weighted by atomic mass is 19.1. The number of amides is 1. The fourth-order valence-corrected chi connectivity index (χ4v) is 3.89. The Labute approximate surface area is 166 Å². The lowest BCUT2D eigenvalue weighted by atomic mass is 10.2. The summed E-state index contributed by atoms with van der Waals surface area (Å²) in [7, 11) is 0. The first-order valence-electron chi connectivity index (χ1n) is 9.49. The SMILES string of the molecule is O=C(c1ccncc1)N1CCC(n2c(-c3ccc(F)cc3)nc3cccnc32)C1. The minimum Gasteiger partial charge on any atom is -0.336 e. The van der Waals surface area contributed by atoms with Crippen LogP contribution in [0.3, 0.4) is 0 Å². The lowest BCUT2D eigenvalue weighted by Crippen LogP contribution is -2.29. The highest BCUT2D eigenvalue weighted by Gasteiger charge is 2.31. The molecule has 1 aliphatic rings. The Kier molecular flexibility index (Phi) is 4.27. The summed E-state index contributed by atoms with van der Waals surface area (Å²) in [4.78, 5) is 27.9. The summed E-state index contributed by atoms with van der Waals surface area (Å²) < 4.78 is 15.5. The third-order valence-corrected chi connectivity index (χ3v) is 5.29. The van der Waals surface area contributed by atoms with E-state index in [9.17, 15) is 9.18 Å². The molecule has 144 valence electrons. The van der Waals surface area contributed by atoms with Gasteiger partial charge in [-0.15, -0.1) is 0 Å². The first-order chi connectivity index (χ1) is 14.2. The number of pyridine rings is 2. The summed E-state index contributed by atoms with van der Waals surface area (Å²) in [5, 5.41) is 0. The Bertz CT molecular complexity index is 1170. The second-order valence-electron chi connectivity index (χ2n) is 7.09. The molecule has 0 N–H and O–H groups in total. The van der Waals surface area contributed by atoms with Gasteiger partial charge in [-0.05, 0) is 55.0 Å². The number of carbonyl (C=O) groups is 1. The van der Waals surface area contributed by atoms with Gasteiger partial charge >= 0.3 is 0 Å². The maximum Gasteiger partial charge on any atom is 0.254 e. The van der Waals surface area contributed by atoms with Gasteiger partial charge in [0.1, 0.15) is 17.2 Å². The molecule has 4 aromatic rings. The molecule has 1 fully saturated rings. The van der Waals surface area contributed by atoms with Crippen molar-refractivity contribution in [2.75, 3.05) is 13.1 Å². The highest BCUT2D eigenvalue weighted by molar-refractivity contribution is 5.94. The Morgan fingerprint density at radius 1 is 1.03 bits per heavy atom. The Hall–Kier alpha value is -3.61. The molecule has 7 heteroatoms. The van der Waals surface area contributed by atoms with Crippen LogP contribution in [0, 0.1) is 5.82 Å². The second kappa shape index (κ2) is 7.09. The lowest BCUT2D eigenvalue weighted by molar-refractivity contribution is 0.0788. The van der Waals surface area contributed by atoms with E-state index >= 15 is 0 Å². The van der Waals surface area contributed by atoms with Crippen molar-refractivity contribution in [1.82, 2.24) is 24.4 Å². The molecule has 0 saturated carbocycles. The zero-order valence-corrected chi connectivity index (χ0v) is 15.6.